The first-order valence-corrected chi connectivity index (χ1v) is 6.83. The van der Waals surface area contributed by atoms with Gasteiger partial charge in [-0.1, -0.05) is 0 Å². The van der Waals surface area contributed by atoms with Gasteiger partial charge in [0.2, 0.25) is 10.0 Å². The number of nitrogens with one attached hydrogen (secondary N) is 2. The predicted octanol–water partition coefficient (Wildman–Crippen LogP) is -2.11. The van der Waals surface area contributed by atoms with Crippen LogP contribution in [0.2, 0.25) is 0 Å². The van der Waals surface area contributed by atoms with Gasteiger partial charge in [0.15, 0.2) is 0 Å². The molecule has 0 saturated heterocycles. The van der Waals surface area contributed by atoms with Gasteiger partial charge in [0.25, 0.3) is 0 Å². The summed E-state index contributed by atoms with van der Waals surface area (Å²) >= 11 is 0. The van der Waals surface area contributed by atoms with Gasteiger partial charge in [0, 0.05) is 13.0 Å². The highest BCUT2D eigenvalue weighted by Gasteiger charge is 2.20. The van der Waals surface area contributed by atoms with Crippen LogP contribution in [0, 0.1) is 0 Å². The van der Waals surface area contributed by atoms with Crippen molar-refractivity contribution >= 4 is 28.0 Å². The van der Waals surface area contributed by atoms with E-state index in [9.17, 15) is 22.8 Å². The van der Waals surface area contributed by atoms with E-state index < -0.39 is 46.2 Å². The molecule has 0 aliphatic heterocycles. The molecule has 110 valence electrons. The molecule has 0 aliphatic carbocycles. The molecule has 11 heteroatoms. The highest BCUT2D eigenvalue weighted by Crippen LogP contribution is 1.97. The Kier molecular flexibility index (Phi) is 6.79. The van der Waals surface area contributed by atoms with Gasteiger partial charge in [0.1, 0.15) is 6.04 Å². The Hall–Kier alpha value is -1.88. The monoisotopic (exact) mass is 297 g/mol. The van der Waals surface area contributed by atoms with Crippen LogP contribution >= 0.6 is 0 Å². The Labute approximate surface area is 109 Å². The highest BCUT2D eigenvalue weighted by molar-refractivity contribution is 7.89. The summed E-state index contributed by atoms with van der Waals surface area (Å²) < 4.78 is 21.1. The largest absolute Gasteiger partial charge is 0.481 e. The Bertz CT molecular complexity index is 447. The van der Waals surface area contributed by atoms with Crippen LogP contribution in [0.25, 0.3) is 0 Å². The maximum atomic E-state index is 11.2. The molecular weight excluding hydrogens is 282 g/mol. The number of hydrogen-bond acceptors (Lipinski definition) is 5. The average Bonchev–Trinajstić information content (AvgIpc) is 2.21. The fourth-order valence-electron chi connectivity index (χ4n) is 1.04. The number of urea groups is 1. The van der Waals surface area contributed by atoms with E-state index in [4.69, 9.17) is 15.4 Å². The first-order chi connectivity index (χ1) is 8.61. The van der Waals surface area contributed by atoms with Crippen LogP contribution in [0.3, 0.4) is 0 Å². The minimum atomic E-state index is -3.72. The number of nitrogens with two attached hydrogens (primary N) is 1. The Morgan fingerprint density at radius 3 is 2.21 bits per heavy atom. The zero-order valence-corrected chi connectivity index (χ0v) is 10.6. The molecule has 10 nitrogen and oxygen atoms in total. The minimum Gasteiger partial charge on any atom is -0.481 e. The molecule has 0 aromatic rings. The van der Waals surface area contributed by atoms with Crippen LogP contribution in [-0.4, -0.2) is 54.9 Å². The van der Waals surface area contributed by atoms with Crippen molar-refractivity contribution in [2.75, 3.05) is 12.3 Å². The second kappa shape index (κ2) is 7.53. The molecule has 0 aromatic carbocycles. The van der Waals surface area contributed by atoms with Crippen molar-refractivity contribution in [1.29, 1.82) is 0 Å². The highest BCUT2D eigenvalue weighted by atomic mass is 32.2. The zero-order chi connectivity index (χ0) is 15.1. The molecule has 6 N–H and O–H groups in total. The third kappa shape index (κ3) is 9.79. The normalized spacial score (nSPS) is 12.5. The summed E-state index contributed by atoms with van der Waals surface area (Å²) in [5.74, 6) is -3.07. The molecule has 0 aromatic heterocycles. The van der Waals surface area contributed by atoms with Gasteiger partial charge in [-0.05, 0) is 6.42 Å². The summed E-state index contributed by atoms with van der Waals surface area (Å²) in [6.45, 7) is -0.282. The molecule has 0 bridgehead atoms. The molecule has 0 spiro atoms. The topological polar surface area (TPSA) is 176 Å². The Morgan fingerprint density at radius 2 is 1.79 bits per heavy atom. The molecule has 0 fully saturated rings. The summed E-state index contributed by atoms with van der Waals surface area (Å²) in [4.78, 5) is 32.2. The van der Waals surface area contributed by atoms with Crippen molar-refractivity contribution in [1.82, 2.24) is 10.6 Å². The van der Waals surface area contributed by atoms with Gasteiger partial charge < -0.3 is 20.8 Å². The molecule has 2 amide bonds. The van der Waals surface area contributed by atoms with Gasteiger partial charge in [-0.25, -0.2) is 23.1 Å². The van der Waals surface area contributed by atoms with Crippen molar-refractivity contribution in [3.63, 3.8) is 0 Å². The van der Waals surface area contributed by atoms with Crippen molar-refractivity contribution in [3.8, 4) is 0 Å². The van der Waals surface area contributed by atoms with Gasteiger partial charge in [-0.3, -0.25) is 4.79 Å². The third-order valence-corrected chi connectivity index (χ3v) is 2.70. The Balaban J connectivity index is 4.17. The van der Waals surface area contributed by atoms with Crippen molar-refractivity contribution < 1.29 is 33.0 Å². The molecule has 19 heavy (non-hydrogen) atoms. The number of rotatable bonds is 8. The van der Waals surface area contributed by atoms with E-state index in [-0.39, 0.29) is 13.0 Å². The maximum absolute atomic E-state index is 11.2. The van der Waals surface area contributed by atoms with E-state index in [1.165, 1.54) is 0 Å². The molecule has 0 radical (unpaired) electrons. The smallest absolute Gasteiger partial charge is 0.326 e. The third-order valence-electron chi connectivity index (χ3n) is 1.92. The van der Waals surface area contributed by atoms with Crippen LogP contribution in [0.5, 0.6) is 0 Å². The second-order valence-electron chi connectivity index (χ2n) is 3.59. The van der Waals surface area contributed by atoms with Gasteiger partial charge in [-0.15, -0.1) is 0 Å². The van der Waals surface area contributed by atoms with Crippen LogP contribution in [0.1, 0.15) is 12.8 Å². The van der Waals surface area contributed by atoms with E-state index in [0.717, 1.165) is 0 Å². The van der Waals surface area contributed by atoms with Crippen molar-refractivity contribution in [3.05, 3.63) is 0 Å². The van der Waals surface area contributed by atoms with Crippen LogP contribution in [-0.2, 0) is 19.6 Å². The van der Waals surface area contributed by atoms with E-state index in [1.54, 1.807) is 0 Å². The molecule has 0 saturated carbocycles. The zero-order valence-electron chi connectivity index (χ0n) is 9.83. The fraction of sp³-hybridized carbons (Fsp3) is 0.625. The number of amides is 2. The molecular formula is C8H15N3O7S. The maximum Gasteiger partial charge on any atom is 0.326 e. The molecule has 0 heterocycles. The van der Waals surface area contributed by atoms with E-state index in [1.807, 2.05) is 5.32 Å². The standard InChI is InChI=1S/C8H15N3O7S/c9-19(17,18)4-3-10-8(16)11-5(7(14)15)1-2-6(12)13/h5H,1-4H2,(H,12,13)(H,14,15)(H2,9,17,18)(H2,10,11,16). The molecule has 1 unspecified atom stereocenters. The Morgan fingerprint density at radius 1 is 1.21 bits per heavy atom. The van der Waals surface area contributed by atoms with Crippen LogP contribution in [0.15, 0.2) is 0 Å². The summed E-state index contributed by atoms with van der Waals surface area (Å²) in [6, 6.07) is -2.29. The number of sulfonamides is 1. The fourth-order valence-corrected chi connectivity index (χ4v) is 1.43. The second-order valence-corrected chi connectivity index (χ2v) is 5.32. The SMILES string of the molecule is NS(=O)(=O)CCNC(=O)NC(CCC(=O)O)C(=O)O. The van der Waals surface area contributed by atoms with Crippen LogP contribution < -0.4 is 15.8 Å². The number of carboxylic acids is 2. The lowest BCUT2D eigenvalue weighted by atomic mass is 10.1. The predicted molar refractivity (Wildman–Crippen MR) is 62.8 cm³/mol. The number of hydrogen-bond donors (Lipinski definition) is 5. The lowest BCUT2D eigenvalue weighted by Gasteiger charge is -2.14. The summed E-state index contributed by atoms with van der Waals surface area (Å²) in [5.41, 5.74) is 0. The van der Waals surface area contributed by atoms with Gasteiger partial charge >= 0.3 is 18.0 Å². The first-order valence-electron chi connectivity index (χ1n) is 5.11. The summed E-state index contributed by atoms with van der Waals surface area (Å²) in [7, 11) is -3.72. The number of aliphatic carboxylic acids is 2. The van der Waals surface area contributed by atoms with E-state index in [0.29, 0.717) is 0 Å². The lowest BCUT2D eigenvalue weighted by Crippen LogP contribution is -2.47. The summed E-state index contributed by atoms with van der Waals surface area (Å²) in [5, 5.41) is 25.9. The molecule has 1 atom stereocenters. The number of carboxylic acid groups (broad SMARTS) is 2. The average molecular weight is 297 g/mol. The summed E-state index contributed by atoms with van der Waals surface area (Å²) in [6.07, 6.45) is -0.707. The lowest BCUT2D eigenvalue weighted by molar-refractivity contribution is -0.140. The van der Waals surface area contributed by atoms with E-state index in [2.05, 4.69) is 5.32 Å². The first kappa shape index (κ1) is 17.1. The number of primary sulfonamides is 1. The van der Waals surface area contributed by atoms with Crippen molar-refractivity contribution in [2.24, 2.45) is 5.14 Å². The quantitative estimate of drug-likeness (QED) is 0.340. The number of carbonyl (C=O) groups is 3. The van der Waals surface area contributed by atoms with Crippen molar-refractivity contribution in [2.45, 2.75) is 18.9 Å². The number of carbonyl (C=O) groups excluding carboxylic acids is 1. The van der Waals surface area contributed by atoms with Crippen LogP contribution in [0.4, 0.5) is 4.79 Å². The molecule has 0 rings (SSSR count). The van der Waals surface area contributed by atoms with E-state index >= 15 is 0 Å². The molecule has 0 aliphatic rings. The minimum absolute atomic E-state index is 0.282. The van der Waals surface area contributed by atoms with Gasteiger partial charge in [-0.2, -0.15) is 0 Å². The van der Waals surface area contributed by atoms with Gasteiger partial charge in [0.05, 0.1) is 5.75 Å².